The van der Waals surface area contributed by atoms with Crippen molar-refractivity contribution in [2.45, 2.75) is 44.6 Å². The molecule has 1 aliphatic rings. The predicted molar refractivity (Wildman–Crippen MR) is 95.4 cm³/mol. The summed E-state index contributed by atoms with van der Waals surface area (Å²) in [5.41, 5.74) is 1.09. The molecular weight excluding hydrogens is 304 g/mol. The van der Waals surface area contributed by atoms with E-state index in [0.29, 0.717) is 13.1 Å². The first-order valence-electron chi connectivity index (χ1n) is 8.82. The highest BCUT2D eigenvalue weighted by molar-refractivity contribution is 5.73. The summed E-state index contributed by atoms with van der Waals surface area (Å²) < 4.78 is 5.38. The van der Waals surface area contributed by atoms with Crippen LogP contribution in [-0.4, -0.2) is 49.4 Å². The third-order valence-corrected chi connectivity index (χ3v) is 4.95. The van der Waals surface area contributed by atoms with Gasteiger partial charge < -0.3 is 20.1 Å². The second-order valence-electron chi connectivity index (χ2n) is 6.82. The van der Waals surface area contributed by atoms with E-state index in [1.807, 2.05) is 24.3 Å². The maximum absolute atomic E-state index is 12.3. The molecule has 2 N–H and O–H groups in total. The van der Waals surface area contributed by atoms with Crippen molar-refractivity contribution >= 4 is 6.03 Å². The lowest BCUT2D eigenvalue weighted by atomic mass is 9.86. The number of para-hydroxylation sites is 1. The normalized spacial score (nSPS) is 21.8. The molecule has 134 valence electrons. The number of carbonyl (C=O) groups is 1. The largest absolute Gasteiger partial charge is 0.496 e. The van der Waals surface area contributed by atoms with Crippen molar-refractivity contribution < 1.29 is 14.6 Å². The van der Waals surface area contributed by atoms with E-state index >= 15 is 0 Å². The third kappa shape index (κ3) is 4.87. The number of methoxy groups -OCH3 is 1. The maximum Gasteiger partial charge on any atom is 0.317 e. The van der Waals surface area contributed by atoms with Gasteiger partial charge in [0.1, 0.15) is 5.75 Å². The van der Waals surface area contributed by atoms with Gasteiger partial charge in [0.2, 0.25) is 0 Å². The van der Waals surface area contributed by atoms with Crippen LogP contribution in [0.4, 0.5) is 4.79 Å². The summed E-state index contributed by atoms with van der Waals surface area (Å²) in [5.74, 6) is 1.21. The zero-order valence-corrected chi connectivity index (χ0v) is 15.0. The molecule has 5 nitrogen and oxygen atoms in total. The van der Waals surface area contributed by atoms with E-state index in [1.165, 1.54) is 0 Å². The minimum absolute atomic E-state index is 0.0884. The highest BCUT2D eigenvalue weighted by Gasteiger charge is 2.25. The Kier molecular flexibility index (Phi) is 6.91. The summed E-state index contributed by atoms with van der Waals surface area (Å²) in [6.07, 6.45) is 3.80. The Morgan fingerprint density at radius 2 is 2.08 bits per heavy atom. The van der Waals surface area contributed by atoms with Crippen LogP contribution in [-0.2, 0) is 0 Å². The van der Waals surface area contributed by atoms with Crippen molar-refractivity contribution in [2.24, 2.45) is 5.92 Å². The second-order valence-corrected chi connectivity index (χ2v) is 6.82. The van der Waals surface area contributed by atoms with Crippen molar-refractivity contribution in [3.63, 3.8) is 0 Å². The Labute approximate surface area is 145 Å². The minimum Gasteiger partial charge on any atom is -0.496 e. The highest BCUT2D eigenvalue weighted by Crippen LogP contribution is 2.26. The molecule has 1 aromatic rings. The van der Waals surface area contributed by atoms with E-state index in [4.69, 9.17) is 4.74 Å². The average Bonchev–Trinajstić information content (AvgIpc) is 2.61. The van der Waals surface area contributed by atoms with E-state index in [9.17, 15) is 9.90 Å². The first-order chi connectivity index (χ1) is 11.5. The summed E-state index contributed by atoms with van der Waals surface area (Å²) in [6, 6.07) is 7.79. The van der Waals surface area contributed by atoms with E-state index in [1.54, 1.807) is 19.1 Å². The number of ether oxygens (including phenoxy) is 1. The van der Waals surface area contributed by atoms with E-state index in [0.717, 1.165) is 37.0 Å². The van der Waals surface area contributed by atoms with Crippen molar-refractivity contribution in [1.29, 1.82) is 0 Å². The number of hydrogen-bond acceptors (Lipinski definition) is 3. The summed E-state index contributed by atoms with van der Waals surface area (Å²) in [5, 5.41) is 13.0. The van der Waals surface area contributed by atoms with Gasteiger partial charge in [-0.25, -0.2) is 4.79 Å². The Balaban J connectivity index is 1.83. The van der Waals surface area contributed by atoms with Gasteiger partial charge >= 0.3 is 6.03 Å². The molecule has 2 amide bonds. The molecule has 0 bridgehead atoms. The van der Waals surface area contributed by atoms with Crippen molar-refractivity contribution in [3.8, 4) is 5.75 Å². The lowest BCUT2D eigenvalue weighted by Gasteiger charge is -2.31. The number of aliphatic hydroxyl groups is 1. The quantitative estimate of drug-likeness (QED) is 0.841. The summed E-state index contributed by atoms with van der Waals surface area (Å²) in [4.78, 5) is 14.0. The van der Waals surface area contributed by atoms with Crippen LogP contribution in [0.2, 0.25) is 0 Å². The van der Waals surface area contributed by atoms with Crippen LogP contribution in [0.1, 0.15) is 44.1 Å². The van der Waals surface area contributed by atoms with Crippen molar-refractivity contribution in [1.82, 2.24) is 10.2 Å². The lowest BCUT2D eigenvalue weighted by Crippen LogP contribution is -2.43. The molecule has 3 atom stereocenters. The second kappa shape index (κ2) is 8.92. The Morgan fingerprint density at radius 1 is 1.38 bits per heavy atom. The molecular formula is C19H30N2O3. The fraction of sp³-hybridized carbons (Fsp3) is 0.632. The number of amides is 2. The van der Waals surface area contributed by atoms with Crippen LogP contribution in [0.3, 0.4) is 0 Å². The van der Waals surface area contributed by atoms with Crippen LogP contribution in [0.5, 0.6) is 5.75 Å². The first-order valence-corrected chi connectivity index (χ1v) is 8.82. The van der Waals surface area contributed by atoms with Crippen molar-refractivity contribution in [3.05, 3.63) is 29.8 Å². The van der Waals surface area contributed by atoms with Gasteiger partial charge in [0, 0.05) is 32.0 Å². The van der Waals surface area contributed by atoms with Gasteiger partial charge in [-0.05, 0) is 24.5 Å². The van der Waals surface area contributed by atoms with Gasteiger partial charge in [-0.3, -0.25) is 0 Å². The number of carbonyl (C=O) groups excluding carboxylic acids is 1. The smallest absolute Gasteiger partial charge is 0.317 e. The minimum atomic E-state index is -0.276. The zero-order valence-electron chi connectivity index (χ0n) is 15.0. The average molecular weight is 334 g/mol. The summed E-state index contributed by atoms with van der Waals surface area (Å²) >= 11 is 0. The van der Waals surface area contributed by atoms with Gasteiger partial charge in [0.25, 0.3) is 0 Å². The Hall–Kier alpha value is -1.75. The Bertz CT molecular complexity index is 535. The van der Waals surface area contributed by atoms with Crippen LogP contribution in [0, 0.1) is 5.92 Å². The summed E-state index contributed by atoms with van der Waals surface area (Å²) in [6.45, 7) is 3.23. The first kappa shape index (κ1) is 18.6. The van der Waals surface area contributed by atoms with Crippen LogP contribution in [0.25, 0.3) is 0 Å². The number of hydrogen-bond donors (Lipinski definition) is 2. The fourth-order valence-corrected chi connectivity index (χ4v) is 3.39. The molecule has 2 rings (SSSR count). The van der Waals surface area contributed by atoms with Crippen LogP contribution in [0.15, 0.2) is 24.3 Å². The zero-order chi connectivity index (χ0) is 17.5. The van der Waals surface area contributed by atoms with Gasteiger partial charge in [-0.15, -0.1) is 0 Å². The molecule has 1 aromatic carbocycles. The molecule has 5 heteroatoms. The predicted octanol–water partition coefficient (Wildman–Crippen LogP) is 2.99. The Morgan fingerprint density at radius 3 is 2.79 bits per heavy atom. The van der Waals surface area contributed by atoms with Gasteiger partial charge in [0.15, 0.2) is 0 Å². The molecule has 0 aromatic heterocycles. The number of nitrogens with one attached hydrogen (secondary N) is 1. The van der Waals surface area contributed by atoms with Gasteiger partial charge in [-0.2, -0.15) is 0 Å². The molecule has 0 spiro atoms. The SMILES string of the molecule is COc1ccccc1C(C)CNC(=O)N(C)CC1CCCCC1O. The highest BCUT2D eigenvalue weighted by atomic mass is 16.5. The van der Waals surface area contributed by atoms with Gasteiger partial charge in [-0.1, -0.05) is 38.0 Å². The monoisotopic (exact) mass is 334 g/mol. The fourth-order valence-electron chi connectivity index (χ4n) is 3.39. The molecule has 1 saturated carbocycles. The number of benzene rings is 1. The molecule has 1 fully saturated rings. The van der Waals surface area contributed by atoms with Crippen molar-refractivity contribution in [2.75, 3.05) is 27.2 Å². The maximum atomic E-state index is 12.3. The molecule has 0 aliphatic heterocycles. The number of aliphatic hydroxyl groups excluding tert-OH is 1. The van der Waals surface area contributed by atoms with E-state index in [2.05, 4.69) is 12.2 Å². The molecule has 1 aliphatic carbocycles. The molecule has 0 heterocycles. The molecule has 3 unspecified atom stereocenters. The van der Waals surface area contributed by atoms with E-state index in [-0.39, 0.29) is 24.0 Å². The van der Waals surface area contributed by atoms with Crippen LogP contribution >= 0.6 is 0 Å². The molecule has 0 radical (unpaired) electrons. The number of urea groups is 1. The molecule has 0 saturated heterocycles. The lowest BCUT2D eigenvalue weighted by molar-refractivity contribution is 0.0565. The van der Waals surface area contributed by atoms with Crippen LogP contribution < -0.4 is 10.1 Å². The van der Waals surface area contributed by atoms with Gasteiger partial charge in [0.05, 0.1) is 13.2 Å². The number of nitrogens with zero attached hydrogens (tertiary/aromatic N) is 1. The number of rotatable bonds is 6. The topological polar surface area (TPSA) is 61.8 Å². The third-order valence-electron chi connectivity index (χ3n) is 4.95. The molecule has 24 heavy (non-hydrogen) atoms. The standard InChI is InChI=1S/C19H30N2O3/c1-14(16-9-5-7-11-18(16)24-3)12-20-19(23)21(2)13-15-8-4-6-10-17(15)22/h5,7,9,11,14-15,17,22H,4,6,8,10,12-13H2,1-3H3,(H,20,23). The summed E-state index contributed by atoms with van der Waals surface area (Å²) in [7, 11) is 3.46. The van der Waals surface area contributed by atoms with E-state index < -0.39 is 0 Å².